The van der Waals surface area contributed by atoms with Crippen LogP contribution < -0.4 is 5.32 Å². The molecular weight excluding hydrogens is 404 g/mol. The Morgan fingerprint density at radius 1 is 1.19 bits per heavy atom. The number of hydrogen-bond acceptors (Lipinski definition) is 5. The average molecular weight is 439 g/mol. The molecule has 3 aliphatic rings. The molecule has 1 N–H and O–H groups in total. The number of hydrogen-bond donors (Lipinski definition) is 1. The standard InChI is InChI=1S/C25H34N4O3/c1-24(4-9-28(2)10-5-24)15-22(30)29-11-6-25(7-12-29)14-19(25)16-27-23(31)20-13-18-3-8-26-17-21(18)32-20/h3,8,13,17,19H,4-7,9-12,14-16H2,1-2H3,(H,27,31). The van der Waals surface area contributed by atoms with E-state index in [0.717, 1.165) is 63.7 Å². The highest BCUT2D eigenvalue weighted by Crippen LogP contribution is 2.59. The van der Waals surface area contributed by atoms with Gasteiger partial charge >= 0.3 is 0 Å². The molecule has 7 heteroatoms. The molecule has 0 aromatic carbocycles. The second kappa shape index (κ2) is 8.18. The molecule has 1 atom stereocenters. The summed E-state index contributed by atoms with van der Waals surface area (Å²) in [5, 5.41) is 3.94. The third-order valence-electron chi connectivity index (χ3n) is 8.30. The number of furan rings is 1. The zero-order chi connectivity index (χ0) is 22.3. The van der Waals surface area contributed by atoms with Crippen molar-refractivity contribution in [3.8, 4) is 0 Å². The highest BCUT2D eigenvalue weighted by molar-refractivity contribution is 5.95. The molecule has 2 aliphatic heterocycles. The van der Waals surface area contributed by atoms with Gasteiger partial charge in [-0.3, -0.25) is 14.6 Å². The van der Waals surface area contributed by atoms with Gasteiger partial charge in [0.15, 0.2) is 11.3 Å². The zero-order valence-electron chi connectivity index (χ0n) is 19.2. The van der Waals surface area contributed by atoms with Gasteiger partial charge in [-0.25, -0.2) is 0 Å². The molecule has 1 saturated carbocycles. The van der Waals surface area contributed by atoms with E-state index in [9.17, 15) is 9.59 Å². The van der Waals surface area contributed by atoms with E-state index < -0.39 is 0 Å². The molecular formula is C25H34N4O3. The number of carbonyl (C=O) groups is 2. The van der Waals surface area contributed by atoms with Crippen LogP contribution in [0.4, 0.5) is 0 Å². The molecule has 2 aromatic rings. The summed E-state index contributed by atoms with van der Waals surface area (Å²) in [6, 6.07) is 3.61. The number of piperidine rings is 2. The number of amides is 2. The van der Waals surface area contributed by atoms with Crippen molar-refractivity contribution < 1.29 is 14.0 Å². The van der Waals surface area contributed by atoms with Gasteiger partial charge in [0.2, 0.25) is 5.91 Å². The average Bonchev–Trinajstić information content (AvgIpc) is 3.26. The maximum atomic E-state index is 13.0. The molecule has 0 radical (unpaired) electrons. The topological polar surface area (TPSA) is 78.7 Å². The van der Waals surface area contributed by atoms with Gasteiger partial charge in [0, 0.05) is 37.6 Å². The molecule has 4 heterocycles. The van der Waals surface area contributed by atoms with Crippen LogP contribution in [0.15, 0.2) is 28.9 Å². The maximum Gasteiger partial charge on any atom is 0.287 e. The molecule has 32 heavy (non-hydrogen) atoms. The van der Waals surface area contributed by atoms with Gasteiger partial charge in [-0.2, -0.15) is 0 Å². The summed E-state index contributed by atoms with van der Waals surface area (Å²) in [6.45, 7) is 6.84. The molecule has 2 saturated heterocycles. The van der Waals surface area contributed by atoms with E-state index in [4.69, 9.17) is 4.42 Å². The third kappa shape index (κ3) is 4.27. The van der Waals surface area contributed by atoms with Crippen molar-refractivity contribution in [2.75, 3.05) is 39.8 Å². The van der Waals surface area contributed by atoms with Gasteiger partial charge in [0.25, 0.3) is 5.91 Å². The lowest BCUT2D eigenvalue weighted by molar-refractivity contribution is -0.135. The van der Waals surface area contributed by atoms with Crippen LogP contribution in [-0.2, 0) is 4.79 Å². The Labute approximate surface area is 189 Å². The van der Waals surface area contributed by atoms with Gasteiger partial charge in [-0.15, -0.1) is 0 Å². The quantitative estimate of drug-likeness (QED) is 0.775. The Hall–Kier alpha value is -2.41. The van der Waals surface area contributed by atoms with Crippen LogP contribution in [0.25, 0.3) is 11.0 Å². The fraction of sp³-hybridized carbons (Fsp3) is 0.640. The molecule has 1 spiro atoms. The first-order chi connectivity index (χ1) is 15.4. The minimum Gasteiger partial charge on any atom is -0.449 e. The van der Waals surface area contributed by atoms with Crippen molar-refractivity contribution in [2.45, 2.75) is 45.4 Å². The second-order valence-electron chi connectivity index (χ2n) is 10.7. The second-order valence-corrected chi connectivity index (χ2v) is 10.7. The number of nitrogens with one attached hydrogen (secondary N) is 1. The van der Waals surface area contributed by atoms with Crippen LogP contribution in [0.3, 0.4) is 0 Å². The van der Waals surface area contributed by atoms with Crippen LogP contribution in [0, 0.1) is 16.7 Å². The number of pyridine rings is 1. The fourth-order valence-electron chi connectivity index (χ4n) is 5.65. The lowest BCUT2D eigenvalue weighted by Gasteiger charge is -2.40. The van der Waals surface area contributed by atoms with Crippen LogP contribution in [0.5, 0.6) is 0 Å². The van der Waals surface area contributed by atoms with Crippen LogP contribution >= 0.6 is 0 Å². The maximum absolute atomic E-state index is 13.0. The van der Waals surface area contributed by atoms with Crippen molar-refractivity contribution >= 4 is 22.8 Å². The van der Waals surface area contributed by atoms with E-state index in [0.29, 0.717) is 41.5 Å². The minimum atomic E-state index is -0.165. The fourth-order valence-corrected chi connectivity index (χ4v) is 5.65. The van der Waals surface area contributed by atoms with Gasteiger partial charge in [0.05, 0.1) is 6.20 Å². The van der Waals surface area contributed by atoms with E-state index in [1.54, 1.807) is 18.5 Å². The lowest BCUT2D eigenvalue weighted by atomic mass is 9.77. The van der Waals surface area contributed by atoms with Gasteiger partial charge < -0.3 is 19.5 Å². The van der Waals surface area contributed by atoms with Crippen molar-refractivity contribution in [3.05, 3.63) is 30.3 Å². The molecule has 3 fully saturated rings. The van der Waals surface area contributed by atoms with Crippen molar-refractivity contribution in [1.29, 1.82) is 0 Å². The predicted octanol–water partition coefficient (Wildman–Crippen LogP) is 3.31. The number of likely N-dealkylation sites (tertiary alicyclic amines) is 2. The smallest absolute Gasteiger partial charge is 0.287 e. The summed E-state index contributed by atoms with van der Waals surface area (Å²) < 4.78 is 5.61. The highest BCUT2D eigenvalue weighted by atomic mass is 16.3. The SMILES string of the molecule is CN1CCC(C)(CC(=O)N2CCC3(CC2)CC3CNC(=O)c2cc3ccncc3o2)CC1. The van der Waals surface area contributed by atoms with Crippen LogP contribution in [-0.4, -0.2) is 66.4 Å². The summed E-state index contributed by atoms with van der Waals surface area (Å²) in [5.74, 6) is 1.01. The van der Waals surface area contributed by atoms with Crippen LogP contribution in [0.1, 0.15) is 56.0 Å². The van der Waals surface area contributed by atoms with E-state index >= 15 is 0 Å². The summed E-state index contributed by atoms with van der Waals surface area (Å²) in [7, 11) is 2.16. The molecule has 0 bridgehead atoms. The van der Waals surface area contributed by atoms with E-state index in [1.165, 1.54) is 0 Å². The summed E-state index contributed by atoms with van der Waals surface area (Å²) in [5.41, 5.74) is 1.09. The monoisotopic (exact) mass is 438 g/mol. The van der Waals surface area contributed by atoms with E-state index in [1.807, 2.05) is 6.07 Å². The Morgan fingerprint density at radius 2 is 1.94 bits per heavy atom. The van der Waals surface area contributed by atoms with Crippen LogP contribution in [0.2, 0.25) is 0 Å². The number of carbonyl (C=O) groups excluding carboxylic acids is 2. The zero-order valence-corrected chi connectivity index (χ0v) is 19.2. The minimum absolute atomic E-state index is 0.151. The van der Waals surface area contributed by atoms with Crippen molar-refractivity contribution in [3.63, 3.8) is 0 Å². The predicted molar refractivity (Wildman–Crippen MR) is 122 cm³/mol. The summed E-state index contributed by atoms with van der Waals surface area (Å²) >= 11 is 0. The number of rotatable bonds is 5. The first-order valence-corrected chi connectivity index (χ1v) is 11.9. The van der Waals surface area contributed by atoms with Gasteiger partial charge in [0.1, 0.15) is 0 Å². The first kappa shape index (κ1) is 21.4. The molecule has 172 valence electrons. The van der Waals surface area contributed by atoms with Crippen molar-refractivity contribution in [1.82, 2.24) is 20.1 Å². The Morgan fingerprint density at radius 3 is 2.66 bits per heavy atom. The molecule has 2 aromatic heterocycles. The number of aromatic nitrogens is 1. The van der Waals surface area contributed by atoms with E-state index in [-0.39, 0.29) is 11.3 Å². The number of nitrogens with zero attached hydrogens (tertiary/aromatic N) is 3. The largest absolute Gasteiger partial charge is 0.449 e. The molecule has 2 amide bonds. The molecule has 7 nitrogen and oxygen atoms in total. The van der Waals surface area contributed by atoms with Gasteiger partial charge in [-0.05, 0) is 81.1 Å². The third-order valence-corrected chi connectivity index (χ3v) is 8.30. The first-order valence-electron chi connectivity index (χ1n) is 11.9. The molecule has 1 unspecified atom stereocenters. The Bertz CT molecular complexity index is 967. The normalized spacial score (nSPS) is 24.6. The Kier molecular flexibility index (Phi) is 5.48. The molecule has 5 rings (SSSR count). The Balaban J connectivity index is 1.08. The van der Waals surface area contributed by atoms with Gasteiger partial charge in [-0.1, -0.05) is 6.92 Å². The number of fused-ring (bicyclic) bond motifs is 1. The highest BCUT2D eigenvalue weighted by Gasteiger charge is 2.55. The molecule has 1 aliphatic carbocycles. The van der Waals surface area contributed by atoms with Crippen molar-refractivity contribution in [2.24, 2.45) is 16.7 Å². The summed E-state index contributed by atoms with van der Waals surface area (Å²) in [4.78, 5) is 33.9. The summed E-state index contributed by atoms with van der Waals surface area (Å²) in [6.07, 6.45) is 9.46. The lowest BCUT2D eigenvalue weighted by Crippen LogP contribution is -2.44. The van der Waals surface area contributed by atoms with E-state index in [2.05, 4.69) is 34.1 Å².